The van der Waals surface area contributed by atoms with Gasteiger partial charge in [0.05, 0.1) is 6.61 Å². The summed E-state index contributed by atoms with van der Waals surface area (Å²) in [6.45, 7) is 4.25. The molecule has 0 fully saturated rings. The molecule has 0 saturated carbocycles. The number of hydrogen-bond acceptors (Lipinski definition) is 3. The maximum absolute atomic E-state index is 11.7. The van der Waals surface area contributed by atoms with Gasteiger partial charge in [0.2, 0.25) is 0 Å². The number of aliphatic hydroxyl groups is 1. The Morgan fingerprint density at radius 2 is 2.00 bits per heavy atom. The fourth-order valence-corrected chi connectivity index (χ4v) is 1.43. The number of amides is 2. The highest BCUT2D eigenvalue weighted by Crippen LogP contribution is 2.02. The zero-order chi connectivity index (χ0) is 13.3. The Hall–Kier alpha value is -1.30. The highest BCUT2D eigenvalue weighted by Gasteiger charge is 2.21. The van der Waals surface area contributed by atoms with Gasteiger partial charge in [-0.25, -0.2) is 9.59 Å². The number of carbonyl (C=O) groups is 2. The van der Waals surface area contributed by atoms with Crippen LogP contribution in [0.25, 0.3) is 0 Å². The first-order valence-electron chi connectivity index (χ1n) is 5.95. The summed E-state index contributed by atoms with van der Waals surface area (Å²) in [4.78, 5) is 24.0. The first kappa shape index (κ1) is 15.7. The van der Waals surface area contributed by atoms with E-state index in [0.29, 0.717) is 13.0 Å². The fraction of sp³-hybridized carbons (Fsp3) is 0.818. The fourth-order valence-electron chi connectivity index (χ4n) is 1.43. The van der Waals surface area contributed by atoms with Gasteiger partial charge in [-0.2, -0.15) is 0 Å². The van der Waals surface area contributed by atoms with E-state index in [4.69, 9.17) is 10.2 Å². The van der Waals surface area contributed by atoms with Gasteiger partial charge in [-0.15, -0.1) is 0 Å². The zero-order valence-electron chi connectivity index (χ0n) is 10.5. The van der Waals surface area contributed by atoms with Crippen molar-refractivity contribution < 1.29 is 19.8 Å². The molecule has 0 rings (SSSR count). The van der Waals surface area contributed by atoms with Crippen molar-refractivity contribution in [3.05, 3.63) is 0 Å². The average molecular weight is 246 g/mol. The molecular formula is C11H22N2O4. The summed E-state index contributed by atoms with van der Waals surface area (Å²) in [6.07, 6.45) is 2.06. The molecule has 2 amide bonds. The van der Waals surface area contributed by atoms with Crippen molar-refractivity contribution in [1.29, 1.82) is 0 Å². The second-order valence-electron chi connectivity index (χ2n) is 3.79. The number of aliphatic carboxylic acids is 1. The highest BCUT2D eigenvalue weighted by molar-refractivity contribution is 5.82. The van der Waals surface area contributed by atoms with Crippen LogP contribution in [0.4, 0.5) is 4.79 Å². The van der Waals surface area contributed by atoms with Crippen LogP contribution in [0.1, 0.15) is 33.1 Å². The molecule has 0 saturated heterocycles. The summed E-state index contributed by atoms with van der Waals surface area (Å²) in [5.74, 6) is -1.02. The second-order valence-corrected chi connectivity index (χ2v) is 3.79. The molecule has 3 N–H and O–H groups in total. The summed E-state index contributed by atoms with van der Waals surface area (Å²) < 4.78 is 0. The molecule has 6 heteroatoms. The number of carboxylic acids is 1. The van der Waals surface area contributed by atoms with Gasteiger partial charge < -0.3 is 20.4 Å². The summed E-state index contributed by atoms with van der Waals surface area (Å²) in [6, 6.07) is -1.29. The largest absolute Gasteiger partial charge is 0.480 e. The Morgan fingerprint density at radius 1 is 1.35 bits per heavy atom. The SMILES string of the molecule is CCCC[C@H](NC(=O)N(CC)CCO)C(=O)O. The maximum Gasteiger partial charge on any atom is 0.326 e. The monoisotopic (exact) mass is 246 g/mol. The van der Waals surface area contributed by atoms with E-state index >= 15 is 0 Å². The molecule has 0 bridgehead atoms. The molecule has 0 aromatic rings. The Labute approximate surface area is 102 Å². The second kappa shape index (κ2) is 8.81. The molecule has 0 aromatic carbocycles. The maximum atomic E-state index is 11.7. The molecule has 0 aliphatic heterocycles. The standard InChI is InChI=1S/C11H22N2O4/c1-3-5-6-9(10(15)16)12-11(17)13(4-2)7-8-14/h9,14H,3-8H2,1-2H3,(H,12,17)(H,15,16)/t9-/m0/s1. The summed E-state index contributed by atoms with van der Waals surface area (Å²) in [7, 11) is 0. The van der Waals surface area contributed by atoms with Gasteiger partial charge in [-0.05, 0) is 13.3 Å². The van der Waals surface area contributed by atoms with E-state index in [1.807, 2.05) is 6.92 Å². The number of rotatable bonds is 8. The van der Waals surface area contributed by atoms with Gasteiger partial charge in [0.1, 0.15) is 6.04 Å². The number of carboxylic acid groups (broad SMARTS) is 1. The molecule has 0 aromatic heterocycles. The number of urea groups is 1. The summed E-state index contributed by atoms with van der Waals surface area (Å²) >= 11 is 0. The quantitative estimate of drug-likeness (QED) is 0.586. The van der Waals surface area contributed by atoms with Crippen molar-refractivity contribution >= 4 is 12.0 Å². The number of nitrogens with one attached hydrogen (secondary N) is 1. The minimum absolute atomic E-state index is 0.131. The first-order valence-corrected chi connectivity index (χ1v) is 5.95. The number of likely N-dealkylation sites (N-methyl/N-ethyl adjacent to an activating group) is 1. The molecule has 0 aliphatic rings. The van der Waals surface area contributed by atoms with Gasteiger partial charge in [0.15, 0.2) is 0 Å². The predicted molar refractivity (Wildman–Crippen MR) is 63.8 cm³/mol. The molecule has 0 heterocycles. The molecule has 0 aliphatic carbocycles. The van der Waals surface area contributed by atoms with Crippen LogP contribution in [0, 0.1) is 0 Å². The van der Waals surface area contributed by atoms with E-state index in [1.165, 1.54) is 4.90 Å². The van der Waals surface area contributed by atoms with Crippen molar-refractivity contribution in [3.63, 3.8) is 0 Å². The van der Waals surface area contributed by atoms with Crippen LogP contribution in [-0.2, 0) is 4.79 Å². The lowest BCUT2D eigenvalue weighted by Crippen LogP contribution is -2.48. The molecule has 100 valence electrons. The highest BCUT2D eigenvalue weighted by atomic mass is 16.4. The number of carbonyl (C=O) groups excluding carboxylic acids is 1. The third-order valence-electron chi connectivity index (χ3n) is 2.48. The molecule has 6 nitrogen and oxygen atoms in total. The molecule has 0 spiro atoms. The average Bonchev–Trinajstić information content (AvgIpc) is 2.30. The zero-order valence-corrected chi connectivity index (χ0v) is 10.5. The van der Waals surface area contributed by atoms with Gasteiger partial charge in [-0.3, -0.25) is 0 Å². The van der Waals surface area contributed by atoms with Crippen LogP contribution in [0.15, 0.2) is 0 Å². The Morgan fingerprint density at radius 3 is 2.41 bits per heavy atom. The lowest BCUT2D eigenvalue weighted by Gasteiger charge is -2.23. The van der Waals surface area contributed by atoms with E-state index < -0.39 is 18.0 Å². The van der Waals surface area contributed by atoms with Crippen LogP contribution in [0.3, 0.4) is 0 Å². The van der Waals surface area contributed by atoms with Crippen molar-refractivity contribution in [2.24, 2.45) is 0 Å². The minimum Gasteiger partial charge on any atom is -0.480 e. The molecule has 1 atom stereocenters. The lowest BCUT2D eigenvalue weighted by atomic mass is 10.1. The molecule has 0 unspecified atom stereocenters. The smallest absolute Gasteiger partial charge is 0.326 e. The number of nitrogens with zero attached hydrogens (tertiary/aromatic N) is 1. The van der Waals surface area contributed by atoms with E-state index in [2.05, 4.69) is 5.32 Å². The van der Waals surface area contributed by atoms with Crippen molar-refractivity contribution in [1.82, 2.24) is 10.2 Å². The van der Waals surface area contributed by atoms with Crippen molar-refractivity contribution in [2.75, 3.05) is 19.7 Å². The molecular weight excluding hydrogens is 224 g/mol. The number of hydrogen-bond donors (Lipinski definition) is 3. The molecule has 17 heavy (non-hydrogen) atoms. The van der Waals surface area contributed by atoms with E-state index in [0.717, 1.165) is 12.8 Å². The van der Waals surface area contributed by atoms with Crippen LogP contribution in [-0.4, -0.2) is 52.9 Å². The number of aliphatic hydroxyl groups excluding tert-OH is 1. The third-order valence-corrected chi connectivity index (χ3v) is 2.48. The van der Waals surface area contributed by atoms with Crippen LogP contribution in [0.5, 0.6) is 0 Å². The Kier molecular flexibility index (Phi) is 8.13. The normalized spacial score (nSPS) is 11.9. The lowest BCUT2D eigenvalue weighted by molar-refractivity contribution is -0.139. The van der Waals surface area contributed by atoms with Gasteiger partial charge in [0.25, 0.3) is 0 Å². The predicted octanol–water partition coefficient (Wildman–Crippen LogP) is 0.654. The van der Waals surface area contributed by atoms with Crippen LogP contribution >= 0.6 is 0 Å². The van der Waals surface area contributed by atoms with E-state index in [1.54, 1.807) is 6.92 Å². The Balaban J connectivity index is 4.32. The summed E-state index contributed by atoms with van der Waals surface area (Å²) in [5, 5.41) is 20.2. The van der Waals surface area contributed by atoms with Crippen LogP contribution < -0.4 is 5.32 Å². The molecule has 0 radical (unpaired) electrons. The van der Waals surface area contributed by atoms with Gasteiger partial charge in [0, 0.05) is 13.1 Å². The topological polar surface area (TPSA) is 89.9 Å². The van der Waals surface area contributed by atoms with Gasteiger partial charge in [-0.1, -0.05) is 19.8 Å². The summed E-state index contributed by atoms with van der Waals surface area (Å²) in [5.41, 5.74) is 0. The minimum atomic E-state index is -1.02. The Bertz CT molecular complexity index is 246. The first-order chi connectivity index (χ1) is 8.06. The van der Waals surface area contributed by atoms with Crippen molar-refractivity contribution in [2.45, 2.75) is 39.2 Å². The van der Waals surface area contributed by atoms with Gasteiger partial charge >= 0.3 is 12.0 Å². The third kappa shape index (κ3) is 6.11. The van der Waals surface area contributed by atoms with Crippen LogP contribution in [0.2, 0.25) is 0 Å². The van der Waals surface area contributed by atoms with Crippen molar-refractivity contribution in [3.8, 4) is 0 Å². The van der Waals surface area contributed by atoms with E-state index in [-0.39, 0.29) is 13.2 Å². The number of unbranched alkanes of at least 4 members (excludes halogenated alkanes) is 1. The van der Waals surface area contributed by atoms with E-state index in [9.17, 15) is 9.59 Å².